The van der Waals surface area contributed by atoms with E-state index in [1.807, 2.05) is 0 Å². The highest BCUT2D eigenvalue weighted by molar-refractivity contribution is 9.10. The van der Waals surface area contributed by atoms with Gasteiger partial charge in [-0.15, -0.1) is 0 Å². The molecule has 1 nitrogen and oxygen atoms in total. The van der Waals surface area contributed by atoms with Crippen molar-refractivity contribution >= 4 is 15.9 Å². The summed E-state index contributed by atoms with van der Waals surface area (Å²) in [7, 11) is 0. The van der Waals surface area contributed by atoms with Gasteiger partial charge in [0.15, 0.2) is 0 Å². The second kappa shape index (κ2) is 2.24. The van der Waals surface area contributed by atoms with Gasteiger partial charge >= 0.3 is 0 Å². The molecule has 0 spiro atoms. The normalized spacial score (nSPS) is 49.3. The quantitative estimate of drug-likeness (QED) is 0.663. The van der Waals surface area contributed by atoms with E-state index in [9.17, 15) is 0 Å². The molecule has 0 aromatic rings. The van der Waals surface area contributed by atoms with Gasteiger partial charge in [0.2, 0.25) is 0 Å². The van der Waals surface area contributed by atoms with Crippen molar-refractivity contribution in [1.29, 1.82) is 0 Å². The smallest absolute Gasteiger partial charge is 0.0434 e. The molecule has 0 aromatic carbocycles. The molecule has 0 saturated heterocycles. The molecule has 2 heteroatoms. The van der Waals surface area contributed by atoms with Crippen molar-refractivity contribution in [3.8, 4) is 0 Å². The number of rotatable bonds is 2. The average molecular weight is 193 g/mol. The third kappa shape index (κ3) is 1.15. The lowest BCUT2D eigenvalue weighted by molar-refractivity contribution is 0.276. The van der Waals surface area contributed by atoms with Crippen LogP contribution in [0.4, 0.5) is 0 Å². The third-order valence-corrected chi connectivity index (χ3v) is 3.86. The van der Waals surface area contributed by atoms with Crippen LogP contribution in [-0.4, -0.2) is 16.0 Å². The van der Waals surface area contributed by atoms with E-state index in [2.05, 4.69) is 29.8 Å². The number of hydrogen-bond donors (Lipinski definition) is 1. The highest BCUT2D eigenvalue weighted by atomic mass is 79.9. The van der Waals surface area contributed by atoms with Gasteiger partial charge in [0, 0.05) is 10.9 Å². The summed E-state index contributed by atoms with van der Waals surface area (Å²) >= 11 is 3.61. The van der Waals surface area contributed by atoms with Gasteiger partial charge in [-0.3, -0.25) is 0 Å². The van der Waals surface area contributed by atoms with Crippen LogP contribution < -0.4 is 0 Å². The molecular formula is C7H13BrO. The van der Waals surface area contributed by atoms with E-state index < -0.39 is 0 Å². The predicted molar refractivity (Wildman–Crippen MR) is 41.7 cm³/mol. The maximum absolute atomic E-state index is 8.61. The summed E-state index contributed by atoms with van der Waals surface area (Å²) in [6.45, 7) is 4.74. The summed E-state index contributed by atoms with van der Waals surface area (Å²) in [4.78, 5) is 0. The van der Waals surface area contributed by atoms with E-state index in [-0.39, 0.29) is 0 Å². The van der Waals surface area contributed by atoms with Crippen LogP contribution >= 0.6 is 15.9 Å². The first-order chi connectivity index (χ1) is 4.10. The largest absolute Gasteiger partial charge is 0.396 e. The van der Waals surface area contributed by atoms with Crippen molar-refractivity contribution in [2.45, 2.75) is 24.6 Å². The van der Waals surface area contributed by atoms with E-state index in [1.165, 1.54) is 0 Å². The Morgan fingerprint density at radius 3 is 2.22 bits per heavy atom. The summed E-state index contributed by atoms with van der Waals surface area (Å²) in [6.07, 6.45) is 0.947. The van der Waals surface area contributed by atoms with E-state index in [4.69, 9.17) is 5.11 Å². The fourth-order valence-electron chi connectivity index (χ4n) is 1.46. The molecule has 0 aliphatic heterocycles. The van der Waals surface area contributed by atoms with Crippen molar-refractivity contribution < 1.29 is 5.11 Å². The van der Waals surface area contributed by atoms with Crippen LogP contribution in [-0.2, 0) is 0 Å². The number of aliphatic hydroxyl groups is 1. The molecule has 0 heterocycles. The molecule has 1 saturated carbocycles. The first-order valence-electron chi connectivity index (χ1n) is 3.40. The summed E-state index contributed by atoms with van der Waals surface area (Å²) in [5, 5.41) is 8.61. The zero-order valence-corrected chi connectivity index (χ0v) is 7.48. The van der Waals surface area contributed by atoms with Crippen LogP contribution in [0.15, 0.2) is 0 Å². The fraction of sp³-hybridized carbons (Fsp3) is 1.00. The van der Waals surface area contributed by atoms with Gasteiger partial charge in [0.25, 0.3) is 0 Å². The molecule has 3 unspecified atom stereocenters. The monoisotopic (exact) mass is 192 g/mol. The van der Waals surface area contributed by atoms with Crippen molar-refractivity contribution in [3.05, 3.63) is 0 Å². The van der Waals surface area contributed by atoms with Crippen LogP contribution in [0, 0.1) is 11.8 Å². The highest BCUT2D eigenvalue weighted by Gasteiger charge is 2.55. The van der Waals surface area contributed by atoms with Crippen molar-refractivity contribution in [3.63, 3.8) is 0 Å². The van der Waals surface area contributed by atoms with Crippen LogP contribution in [0.3, 0.4) is 0 Å². The second-order valence-electron chi connectivity index (χ2n) is 3.06. The molecule has 1 fully saturated rings. The Labute approximate surface area is 64.6 Å². The van der Waals surface area contributed by atoms with Gasteiger partial charge in [-0.1, -0.05) is 22.9 Å². The maximum atomic E-state index is 8.61. The van der Waals surface area contributed by atoms with Gasteiger partial charge in [-0.05, 0) is 25.2 Å². The molecule has 9 heavy (non-hydrogen) atoms. The summed E-state index contributed by atoms with van der Waals surface area (Å²) < 4.78 is 0.329. The van der Waals surface area contributed by atoms with Gasteiger partial charge in [-0.25, -0.2) is 0 Å². The lowest BCUT2D eigenvalue weighted by Crippen LogP contribution is -1.95. The lowest BCUT2D eigenvalue weighted by atomic mass is 10.2. The van der Waals surface area contributed by atoms with E-state index in [0.717, 1.165) is 12.3 Å². The highest BCUT2D eigenvalue weighted by Crippen LogP contribution is 2.58. The van der Waals surface area contributed by atoms with E-state index >= 15 is 0 Å². The van der Waals surface area contributed by atoms with Crippen LogP contribution in [0.5, 0.6) is 0 Å². The number of hydrogen-bond acceptors (Lipinski definition) is 1. The molecule has 54 valence electrons. The zero-order valence-electron chi connectivity index (χ0n) is 5.89. The molecule has 0 amide bonds. The van der Waals surface area contributed by atoms with Crippen molar-refractivity contribution in [2.75, 3.05) is 6.61 Å². The maximum Gasteiger partial charge on any atom is 0.0434 e. The fourth-order valence-corrected chi connectivity index (χ4v) is 2.27. The van der Waals surface area contributed by atoms with E-state index in [0.29, 0.717) is 16.8 Å². The number of aliphatic hydroxyl groups excluding tert-OH is 1. The molecule has 1 aliphatic carbocycles. The minimum absolute atomic E-state index is 0.329. The average Bonchev–Trinajstić information content (AvgIpc) is 2.19. The molecular weight excluding hydrogens is 180 g/mol. The topological polar surface area (TPSA) is 20.2 Å². The van der Waals surface area contributed by atoms with Crippen LogP contribution in [0.25, 0.3) is 0 Å². The van der Waals surface area contributed by atoms with Gasteiger partial charge in [0.05, 0.1) is 0 Å². The van der Waals surface area contributed by atoms with Gasteiger partial charge in [0.1, 0.15) is 0 Å². The molecule has 0 radical (unpaired) electrons. The third-order valence-electron chi connectivity index (χ3n) is 2.55. The molecule has 1 rings (SSSR count). The minimum Gasteiger partial charge on any atom is -0.396 e. The second-order valence-corrected chi connectivity index (χ2v) is 4.77. The van der Waals surface area contributed by atoms with Gasteiger partial charge < -0.3 is 5.11 Å². The summed E-state index contributed by atoms with van der Waals surface area (Å²) in [5.74, 6) is 1.44. The lowest BCUT2D eigenvalue weighted by Gasteiger charge is -1.96. The van der Waals surface area contributed by atoms with Crippen LogP contribution in [0.1, 0.15) is 20.3 Å². The number of alkyl halides is 1. The van der Waals surface area contributed by atoms with Crippen molar-refractivity contribution in [1.82, 2.24) is 0 Å². The first kappa shape index (κ1) is 7.55. The SMILES string of the molecule is CC1C(CCO)C1(C)Br. The molecule has 1 N–H and O–H groups in total. The summed E-state index contributed by atoms with van der Waals surface area (Å²) in [6, 6.07) is 0. The Bertz CT molecular complexity index is 111. The van der Waals surface area contributed by atoms with Gasteiger partial charge in [-0.2, -0.15) is 0 Å². The first-order valence-corrected chi connectivity index (χ1v) is 4.19. The Kier molecular flexibility index (Phi) is 1.88. The molecule has 0 bridgehead atoms. The molecule has 0 aromatic heterocycles. The van der Waals surface area contributed by atoms with Crippen molar-refractivity contribution in [2.24, 2.45) is 11.8 Å². The Balaban J connectivity index is 2.33. The minimum atomic E-state index is 0.329. The molecule has 1 aliphatic rings. The zero-order chi connectivity index (χ0) is 7.07. The Morgan fingerprint density at radius 1 is 1.67 bits per heavy atom. The standard InChI is InChI=1S/C7H13BrO/c1-5-6(3-4-9)7(5,2)8/h5-6,9H,3-4H2,1-2H3. The number of halogens is 1. The van der Waals surface area contributed by atoms with E-state index in [1.54, 1.807) is 0 Å². The Hall–Kier alpha value is 0.440. The molecule has 3 atom stereocenters. The Morgan fingerprint density at radius 2 is 2.11 bits per heavy atom. The predicted octanol–water partition coefficient (Wildman–Crippen LogP) is 1.79. The summed E-state index contributed by atoms with van der Waals surface area (Å²) in [5.41, 5.74) is 0. The van der Waals surface area contributed by atoms with Crippen LogP contribution in [0.2, 0.25) is 0 Å².